The first-order valence-electron chi connectivity index (χ1n) is 12.2. The van der Waals surface area contributed by atoms with E-state index < -0.39 is 0 Å². The van der Waals surface area contributed by atoms with Crippen molar-refractivity contribution in [3.8, 4) is 0 Å². The van der Waals surface area contributed by atoms with Gasteiger partial charge >= 0.3 is 0 Å². The van der Waals surface area contributed by atoms with E-state index in [0.717, 1.165) is 44.0 Å². The van der Waals surface area contributed by atoms with Crippen LogP contribution in [0.3, 0.4) is 0 Å². The molecule has 0 spiro atoms. The predicted octanol–water partition coefficient (Wildman–Crippen LogP) is 6.47. The summed E-state index contributed by atoms with van der Waals surface area (Å²) in [5, 5.41) is 0.810. The molecule has 2 aromatic carbocycles. The molecule has 0 aromatic heterocycles. The lowest BCUT2D eigenvalue weighted by Gasteiger charge is -2.40. The van der Waals surface area contributed by atoms with Gasteiger partial charge in [0.25, 0.3) is 0 Å². The Morgan fingerprint density at radius 3 is 2.38 bits per heavy atom. The van der Waals surface area contributed by atoms with Gasteiger partial charge in [0, 0.05) is 24.5 Å². The quantitative estimate of drug-likeness (QED) is 0.518. The number of carbonyl (C=O) groups excluding carboxylic acids is 1. The SMILES string of the molecule is CC(C)(C)CC(=O)N1CCc2ccccc2C1CCN1CCC(c2ccc(Cl)cc2)CC1. The van der Waals surface area contributed by atoms with Crippen LogP contribution >= 0.6 is 11.6 Å². The minimum Gasteiger partial charge on any atom is -0.335 e. The maximum Gasteiger partial charge on any atom is 0.223 e. The molecular weight excluding hydrogens is 416 g/mol. The molecule has 2 heterocycles. The number of likely N-dealkylation sites (tertiary alicyclic amines) is 1. The third-order valence-corrected chi connectivity index (χ3v) is 7.31. The number of nitrogens with zero attached hydrogens (tertiary/aromatic N) is 2. The third-order valence-electron chi connectivity index (χ3n) is 7.06. The Labute approximate surface area is 198 Å². The van der Waals surface area contributed by atoms with Crippen molar-refractivity contribution in [1.29, 1.82) is 0 Å². The van der Waals surface area contributed by atoms with Gasteiger partial charge in [-0.1, -0.05) is 68.8 Å². The van der Waals surface area contributed by atoms with Gasteiger partial charge < -0.3 is 9.80 Å². The van der Waals surface area contributed by atoms with E-state index in [0.29, 0.717) is 18.2 Å². The molecule has 0 N–H and O–H groups in total. The second-order valence-corrected chi connectivity index (χ2v) is 11.2. The summed E-state index contributed by atoms with van der Waals surface area (Å²) >= 11 is 6.06. The lowest BCUT2D eigenvalue weighted by atomic mass is 9.87. The number of benzene rings is 2. The number of hydrogen-bond acceptors (Lipinski definition) is 2. The highest BCUT2D eigenvalue weighted by Gasteiger charge is 2.32. The van der Waals surface area contributed by atoms with E-state index in [1.807, 2.05) is 12.1 Å². The van der Waals surface area contributed by atoms with E-state index in [4.69, 9.17) is 11.6 Å². The van der Waals surface area contributed by atoms with Crippen molar-refractivity contribution >= 4 is 17.5 Å². The molecule has 2 aromatic rings. The molecule has 172 valence electrons. The van der Waals surface area contributed by atoms with Crippen LogP contribution in [0.4, 0.5) is 0 Å². The zero-order chi connectivity index (χ0) is 22.7. The number of hydrogen-bond donors (Lipinski definition) is 0. The van der Waals surface area contributed by atoms with Crippen molar-refractivity contribution in [3.05, 3.63) is 70.2 Å². The molecule has 0 bridgehead atoms. The van der Waals surface area contributed by atoms with Crippen LogP contribution < -0.4 is 0 Å². The van der Waals surface area contributed by atoms with Crippen LogP contribution in [0.1, 0.15) is 75.1 Å². The van der Waals surface area contributed by atoms with Crippen LogP contribution in [0, 0.1) is 5.41 Å². The van der Waals surface area contributed by atoms with Crippen LogP contribution in [0.2, 0.25) is 5.02 Å². The van der Waals surface area contributed by atoms with Crippen molar-refractivity contribution in [2.24, 2.45) is 5.41 Å². The summed E-state index contributed by atoms with van der Waals surface area (Å²) in [7, 11) is 0. The van der Waals surface area contributed by atoms with E-state index in [9.17, 15) is 4.79 Å². The Morgan fingerprint density at radius 2 is 1.69 bits per heavy atom. The topological polar surface area (TPSA) is 23.6 Å². The zero-order valence-electron chi connectivity index (χ0n) is 19.8. The number of carbonyl (C=O) groups is 1. The van der Waals surface area contributed by atoms with Gasteiger partial charge in [0.1, 0.15) is 0 Å². The summed E-state index contributed by atoms with van der Waals surface area (Å²) in [4.78, 5) is 18.0. The Kier molecular flexibility index (Phi) is 7.27. The first-order valence-corrected chi connectivity index (χ1v) is 12.5. The molecule has 1 amide bonds. The van der Waals surface area contributed by atoms with E-state index >= 15 is 0 Å². The molecule has 32 heavy (non-hydrogen) atoms. The van der Waals surface area contributed by atoms with Gasteiger partial charge in [0.2, 0.25) is 5.91 Å². The molecule has 4 rings (SSSR count). The predicted molar refractivity (Wildman–Crippen MR) is 133 cm³/mol. The summed E-state index contributed by atoms with van der Waals surface area (Å²) in [6.45, 7) is 10.6. The highest BCUT2D eigenvalue weighted by molar-refractivity contribution is 6.30. The molecule has 0 aliphatic carbocycles. The fourth-order valence-electron chi connectivity index (χ4n) is 5.35. The fraction of sp³-hybridized carbons (Fsp3) is 0.536. The fourth-order valence-corrected chi connectivity index (χ4v) is 5.47. The van der Waals surface area contributed by atoms with Crippen molar-refractivity contribution in [3.63, 3.8) is 0 Å². The summed E-state index contributed by atoms with van der Waals surface area (Å²) in [6.07, 6.45) is 4.97. The molecule has 1 unspecified atom stereocenters. The van der Waals surface area contributed by atoms with Gasteiger partial charge in [-0.25, -0.2) is 0 Å². The van der Waals surface area contributed by atoms with Gasteiger partial charge in [-0.3, -0.25) is 4.79 Å². The molecular formula is C28H37ClN2O. The first kappa shape index (κ1) is 23.3. The highest BCUT2D eigenvalue weighted by Crippen LogP contribution is 2.35. The monoisotopic (exact) mass is 452 g/mol. The van der Waals surface area contributed by atoms with E-state index in [1.54, 1.807) is 0 Å². The van der Waals surface area contributed by atoms with Gasteiger partial charge in [-0.05, 0) is 78.9 Å². The molecule has 3 nitrogen and oxygen atoms in total. The van der Waals surface area contributed by atoms with Gasteiger partial charge in [0.15, 0.2) is 0 Å². The van der Waals surface area contributed by atoms with Crippen LogP contribution in [-0.4, -0.2) is 41.9 Å². The van der Waals surface area contributed by atoms with E-state index in [-0.39, 0.29) is 11.5 Å². The van der Waals surface area contributed by atoms with Gasteiger partial charge in [-0.2, -0.15) is 0 Å². The second-order valence-electron chi connectivity index (χ2n) is 10.7. The Hall–Kier alpha value is -1.84. The van der Waals surface area contributed by atoms with Crippen LogP contribution in [-0.2, 0) is 11.2 Å². The Balaban J connectivity index is 1.39. The normalized spacial score (nSPS) is 20.2. The van der Waals surface area contributed by atoms with Crippen LogP contribution in [0.15, 0.2) is 48.5 Å². The number of fused-ring (bicyclic) bond motifs is 1. The van der Waals surface area contributed by atoms with Crippen molar-refractivity contribution in [2.75, 3.05) is 26.2 Å². The molecule has 1 fully saturated rings. The maximum absolute atomic E-state index is 13.2. The summed E-state index contributed by atoms with van der Waals surface area (Å²) in [6, 6.07) is 17.3. The lowest BCUT2D eigenvalue weighted by molar-refractivity contribution is -0.136. The molecule has 1 saturated heterocycles. The summed E-state index contributed by atoms with van der Waals surface area (Å²) < 4.78 is 0. The molecule has 4 heteroatoms. The summed E-state index contributed by atoms with van der Waals surface area (Å²) in [5.74, 6) is 0.933. The molecule has 0 saturated carbocycles. The largest absolute Gasteiger partial charge is 0.335 e. The number of amides is 1. The minimum absolute atomic E-state index is 0.0160. The van der Waals surface area contributed by atoms with Crippen molar-refractivity contribution in [1.82, 2.24) is 9.80 Å². The Bertz CT molecular complexity index is 910. The van der Waals surface area contributed by atoms with Crippen molar-refractivity contribution < 1.29 is 4.79 Å². The highest BCUT2D eigenvalue weighted by atomic mass is 35.5. The third kappa shape index (κ3) is 5.74. The van der Waals surface area contributed by atoms with E-state index in [2.05, 4.69) is 67.0 Å². The van der Waals surface area contributed by atoms with Gasteiger partial charge in [0.05, 0.1) is 6.04 Å². The smallest absolute Gasteiger partial charge is 0.223 e. The average molecular weight is 453 g/mol. The summed E-state index contributed by atoms with van der Waals surface area (Å²) in [5.41, 5.74) is 4.20. The second kappa shape index (κ2) is 9.97. The lowest BCUT2D eigenvalue weighted by Crippen LogP contribution is -2.43. The standard InChI is InChI=1S/C28H37ClN2O/c1-28(2,3)20-27(32)31-19-14-23-6-4-5-7-25(23)26(31)15-18-30-16-12-22(13-17-30)21-8-10-24(29)11-9-21/h4-11,22,26H,12-20H2,1-3H3. The number of halogens is 1. The molecule has 0 radical (unpaired) electrons. The van der Waals surface area contributed by atoms with Gasteiger partial charge in [-0.15, -0.1) is 0 Å². The number of piperidine rings is 1. The molecule has 1 atom stereocenters. The van der Waals surface area contributed by atoms with Crippen LogP contribution in [0.5, 0.6) is 0 Å². The van der Waals surface area contributed by atoms with Crippen molar-refractivity contribution in [2.45, 2.75) is 64.8 Å². The van der Waals surface area contributed by atoms with Crippen LogP contribution in [0.25, 0.3) is 0 Å². The minimum atomic E-state index is 0.0160. The molecule has 2 aliphatic rings. The molecule has 2 aliphatic heterocycles. The first-order chi connectivity index (χ1) is 15.3. The maximum atomic E-state index is 13.2. The number of rotatable bonds is 5. The Morgan fingerprint density at radius 1 is 1.00 bits per heavy atom. The van der Waals surface area contributed by atoms with E-state index in [1.165, 1.54) is 29.5 Å². The zero-order valence-corrected chi connectivity index (χ0v) is 20.6. The average Bonchev–Trinajstić information content (AvgIpc) is 2.77.